The van der Waals surface area contributed by atoms with E-state index in [-0.39, 0.29) is 12.5 Å². The second-order valence-electron chi connectivity index (χ2n) is 7.81. The number of hydrogen-bond donors (Lipinski definition) is 2. The second-order valence-corrected chi connectivity index (χ2v) is 7.81. The number of amides is 1. The average Bonchev–Trinajstić information content (AvgIpc) is 3.29. The topological polar surface area (TPSA) is 63.2 Å². The molecule has 2 heterocycles. The third kappa shape index (κ3) is 7.33. The van der Waals surface area contributed by atoms with Crippen molar-refractivity contribution in [2.24, 2.45) is 4.99 Å². The number of rotatable bonds is 8. The molecule has 0 spiro atoms. The van der Waals surface area contributed by atoms with Crippen molar-refractivity contribution in [1.82, 2.24) is 25.3 Å². The van der Waals surface area contributed by atoms with Crippen molar-refractivity contribution < 1.29 is 4.79 Å². The van der Waals surface area contributed by atoms with E-state index < -0.39 is 0 Å². The fraction of sp³-hybridized carbons (Fsp3) is 0.636. The molecular weight excluding hydrogens is 364 g/mol. The summed E-state index contributed by atoms with van der Waals surface area (Å²) in [6.45, 7) is 12.1. The molecule has 0 unspecified atom stereocenters. The number of benzene rings is 1. The predicted octanol–water partition coefficient (Wildman–Crippen LogP) is 0.982. The van der Waals surface area contributed by atoms with Gasteiger partial charge in [-0.05, 0) is 25.3 Å². The van der Waals surface area contributed by atoms with Gasteiger partial charge in [0.1, 0.15) is 6.54 Å². The van der Waals surface area contributed by atoms with E-state index in [0.717, 1.165) is 84.2 Å². The molecule has 2 aliphatic rings. The first-order valence-corrected chi connectivity index (χ1v) is 11.0. The molecule has 1 aromatic rings. The Morgan fingerprint density at radius 2 is 1.66 bits per heavy atom. The van der Waals surface area contributed by atoms with Crippen LogP contribution in [-0.2, 0) is 11.3 Å². The van der Waals surface area contributed by atoms with Gasteiger partial charge >= 0.3 is 0 Å². The first-order chi connectivity index (χ1) is 14.2. The zero-order chi connectivity index (χ0) is 20.3. The van der Waals surface area contributed by atoms with Gasteiger partial charge in [0, 0.05) is 65.4 Å². The van der Waals surface area contributed by atoms with Crippen LogP contribution in [0.2, 0.25) is 0 Å². The number of nitrogens with zero attached hydrogens (tertiary/aromatic N) is 4. The summed E-state index contributed by atoms with van der Waals surface area (Å²) in [5, 5.41) is 6.62. The minimum Gasteiger partial charge on any atom is -0.357 e. The van der Waals surface area contributed by atoms with Gasteiger partial charge in [-0.3, -0.25) is 14.6 Å². The molecule has 1 aromatic carbocycles. The Hall–Kier alpha value is -2.12. The Balaban J connectivity index is 1.34. The van der Waals surface area contributed by atoms with Gasteiger partial charge in [-0.1, -0.05) is 30.3 Å². The quantitative estimate of drug-likeness (QED) is 0.503. The molecule has 2 aliphatic heterocycles. The lowest BCUT2D eigenvalue weighted by atomic mass is 10.2. The van der Waals surface area contributed by atoms with Gasteiger partial charge in [-0.25, -0.2) is 4.99 Å². The van der Waals surface area contributed by atoms with E-state index in [2.05, 4.69) is 55.8 Å². The first kappa shape index (κ1) is 21.6. The van der Waals surface area contributed by atoms with Gasteiger partial charge < -0.3 is 15.5 Å². The minimum absolute atomic E-state index is 0.134. The third-order valence-electron chi connectivity index (χ3n) is 5.61. The Bertz CT molecular complexity index is 636. The maximum absolute atomic E-state index is 12.2. The molecule has 3 rings (SSSR count). The molecule has 0 bridgehead atoms. The highest BCUT2D eigenvalue weighted by Gasteiger charge is 2.18. The van der Waals surface area contributed by atoms with E-state index in [1.54, 1.807) is 0 Å². The maximum Gasteiger partial charge on any atom is 0.244 e. The highest BCUT2D eigenvalue weighted by molar-refractivity contribution is 5.85. The van der Waals surface area contributed by atoms with Crippen LogP contribution in [0.4, 0.5) is 0 Å². The number of likely N-dealkylation sites (tertiary alicyclic amines) is 1. The zero-order valence-corrected chi connectivity index (χ0v) is 17.8. The normalized spacial score (nSPS) is 18.8. The Morgan fingerprint density at radius 1 is 0.966 bits per heavy atom. The predicted molar refractivity (Wildman–Crippen MR) is 118 cm³/mol. The molecule has 160 valence electrons. The van der Waals surface area contributed by atoms with Crippen molar-refractivity contribution in [1.29, 1.82) is 0 Å². The third-order valence-corrected chi connectivity index (χ3v) is 5.61. The molecule has 0 aliphatic carbocycles. The minimum atomic E-state index is 0.134. The van der Waals surface area contributed by atoms with Crippen LogP contribution in [0, 0.1) is 0 Å². The molecule has 29 heavy (non-hydrogen) atoms. The largest absolute Gasteiger partial charge is 0.357 e. The average molecular weight is 401 g/mol. The van der Waals surface area contributed by atoms with E-state index in [1.165, 1.54) is 5.56 Å². The highest BCUT2D eigenvalue weighted by Crippen LogP contribution is 2.08. The molecule has 1 amide bonds. The van der Waals surface area contributed by atoms with Crippen LogP contribution in [0.5, 0.6) is 0 Å². The molecule has 0 aromatic heterocycles. The van der Waals surface area contributed by atoms with Gasteiger partial charge in [0.2, 0.25) is 5.91 Å². The van der Waals surface area contributed by atoms with E-state index >= 15 is 0 Å². The molecule has 7 nitrogen and oxygen atoms in total. The molecule has 7 heteroatoms. The summed E-state index contributed by atoms with van der Waals surface area (Å²) >= 11 is 0. The Morgan fingerprint density at radius 3 is 2.34 bits per heavy atom. The summed E-state index contributed by atoms with van der Waals surface area (Å²) in [6, 6.07) is 10.7. The number of carbonyl (C=O) groups excluding carboxylic acids is 1. The zero-order valence-electron chi connectivity index (χ0n) is 17.8. The second kappa shape index (κ2) is 11.8. The molecule has 0 radical (unpaired) electrons. The van der Waals surface area contributed by atoms with Crippen molar-refractivity contribution >= 4 is 11.9 Å². The SMILES string of the molecule is CCNC(=NCC(=O)N1CCCC1)NCCN1CCN(Cc2ccccc2)CC1. The summed E-state index contributed by atoms with van der Waals surface area (Å²) in [5.74, 6) is 0.872. The fourth-order valence-corrected chi connectivity index (χ4v) is 3.90. The van der Waals surface area contributed by atoms with Gasteiger partial charge in [-0.15, -0.1) is 0 Å². The van der Waals surface area contributed by atoms with Crippen molar-refractivity contribution in [3.8, 4) is 0 Å². The van der Waals surface area contributed by atoms with E-state index in [0.29, 0.717) is 0 Å². The smallest absolute Gasteiger partial charge is 0.244 e. The van der Waals surface area contributed by atoms with Crippen molar-refractivity contribution in [3.05, 3.63) is 35.9 Å². The highest BCUT2D eigenvalue weighted by atomic mass is 16.2. The standard InChI is InChI=1S/C22H36N6O/c1-2-23-22(25-18-21(29)28-11-6-7-12-28)24-10-13-26-14-16-27(17-15-26)19-20-8-4-3-5-9-20/h3-5,8-9H,2,6-7,10-19H2,1H3,(H2,23,24,25). The van der Waals surface area contributed by atoms with Gasteiger partial charge in [0.05, 0.1) is 0 Å². The number of guanidine groups is 1. The van der Waals surface area contributed by atoms with Crippen LogP contribution in [0.15, 0.2) is 35.3 Å². The number of carbonyl (C=O) groups is 1. The lowest BCUT2D eigenvalue weighted by molar-refractivity contribution is -0.128. The van der Waals surface area contributed by atoms with Crippen LogP contribution in [-0.4, -0.2) is 92.0 Å². The Kier molecular flexibility index (Phi) is 8.77. The van der Waals surface area contributed by atoms with Crippen LogP contribution in [0.1, 0.15) is 25.3 Å². The molecule has 0 atom stereocenters. The maximum atomic E-state index is 12.2. The lowest BCUT2D eigenvalue weighted by Gasteiger charge is -2.34. The number of nitrogens with one attached hydrogen (secondary N) is 2. The monoisotopic (exact) mass is 400 g/mol. The van der Waals surface area contributed by atoms with Crippen molar-refractivity contribution in [2.75, 3.05) is 65.4 Å². The Labute approximate surface area is 175 Å². The van der Waals surface area contributed by atoms with Gasteiger partial charge in [0.15, 0.2) is 5.96 Å². The number of aliphatic imine (C=N–C) groups is 1. The van der Waals surface area contributed by atoms with Crippen LogP contribution in [0.3, 0.4) is 0 Å². The summed E-state index contributed by atoms with van der Waals surface area (Å²) in [6.07, 6.45) is 2.23. The fourth-order valence-electron chi connectivity index (χ4n) is 3.90. The molecule has 2 saturated heterocycles. The summed E-state index contributed by atoms with van der Waals surface area (Å²) in [4.78, 5) is 23.6. The van der Waals surface area contributed by atoms with E-state index in [9.17, 15) is 4.79 Å². The van der Waals surface area contributed by atoms with E-state index in [4.69, 9.17) is 0 Å². The summed E-state index contributed by atoms with van der Waals surface area (Å²) in [7, 11) is 0. The molecular formula is C22H36N6O. The summed E-state index contributed by atoms with van der Waals surface area (Å²) in [5.41, 5.74) is 1.39. The van der Waals surface area contributed by atoms with Crippen molar-refractivity contribution in [2.45, 2.75) is 26.3 Å². The van der Waals surface area contributed by atoms with Gasteiger partial charge in [0.25, 0.3) is 0 Å². The van der Waals surface area contributed by atoms with Crippen LogP contribution >= 0.6 is 0 Å². The number of hydrogen-bond acceptors (Lipinski definition) is 4. The van der Waals surface area contributed by atoms with Crippen molar-refractivity contribution in [3.63, 3.8) is 0 Å². The van der Waals surface area contributed by atoms with Crippen LogP contribution < -0.4 is 10.6 Å². The summed E-state index contributed by atoms with van der Waals surface area (Å²) < 4.78 is 0. The van der Waals surface area contributed by atoms with Gasteiger partial charge in [-0.2, -0.15) is 0 Å². The molecule has 0 saturated carbocycles. The van der Waals surface area contributed by atoms with E-state index in [1.807, 2.05) is 11.8 Å². The number of piperazine rings is 1. The molecule has 2 fully saturated rings. The van der Waals surface area contributed by atoms with Crippen LogP contribution in [0.25, 0.3) is 0 Å². The molecule has 2 N–H and O–H groups in total. The lowest BCUT2D eigenvalue weighted by Crippen LogP contribution is -2.49. The first-order valence-electron chi connectivity index (χ1n) is 11.0.